The first-order valence-corrected chi connectivity index (χ1v) is 11.0. The molecule has 0 aliphatic carbocycles. The Morgan fingerprint density at radius 3 is 1.55 bits per heavy atom. The van der Waals surface area contributed by atoms with E-state index in [-0.39, 0.29) is 0 Å². The van der Waals surface area contributed by atoms with Gasteiger partial charge in [0, 0.05) is 0 Å². The summed E-state index contributed by atoms with van der Waals surface area (Å²) >= 11 is 9.19. The molecule has 0 N–H and O–H groups in total. The van der Waals surface area contributed by atoms with E-state index in [9.17, 15) is 0 Å². The van der Waals surface area contributed by atoms with E-state index >= 15 is 0 Å². The summed E-state index contributed by atoms with van der Waals surface area (Å²) in [6.07, 6.45) is 2.13. The molecule has 2 atom stereocenters. The number of alkyl halides is 2. The molecule has 0 spiro atoms. The molecule has 2 unspecified atom stereocenters. The Labute approximate surface area is 88.2 Å². The van der Waals surface area contributed by atoms with Crippen molar-refractivity contribution in [2.24, 2.45) is 0 Å². The molecule has 0 saturated carbocycles. The minimum absolute atomic E-state index is 0.361. The Kier molecular flexibility index (Phi) is 4.17. The molecule has 1 heterocycles. The molecule has 1 rings (SSSR count). The van der Waals surface area contributed by atoms with E-state index in [1.807, 2.05) is 0 Å². The van der Waals surface area contributed by atoms with Crippen LogP contribution in [0.15, 0.2) is 0 Å². The van der Waals surface area contributed by atoms with Crippen LogP contribution in [0.25, 0.3) is 0 Å². The molecule has 68 valence electrons. The van der Waals surface area contributed by atoms with Gasteiger partial charge in [-0.15, -0.1) is 0 Å². The second kappa shape index (κ2) is 4.26. The van der Waals surface area contributed by atoms with Crippen molar-refractivity contribution in [3.63, 3.8) is 0 Å². The third-order valence-electron chi connectivity index (χ3n) is 2.04. The summed E-state index contributed by atoms with van der Waals surface area (Å²) in [6.45, 7) is 0. The van der Waals surface area contributed by atoms with Gasteiger partial charge in [0.2, 0.25) is 0 Å². The van der Waals surface area contributed by atoms with Gasteiger partial charge in [-0.25, -0.2) is 0 Å². The number of halogens is 4. The predicted octanol–water partition coefficient (Wildman–Crippen LogP) is 3.92. The summed E-state index contributed by atoms with van der Waals surface area (Å²) in [7, 11) is 12.5. The summed E-state index contributed by atoms with van der Waals surface area (Å²) in [5, 5.41) is 0. The second-order valence-electron chi connectivity index (χ2n) is 2.68. The van der Waals surface area contributed by atoms with Crippen LogP contribution in [-0.4, -0.2) is 22.8 Å². The van der Waals surface area contributed by atoms with Crippen LogP contribution in [0, 0.1) is 0 Å². The first kappa shape index (κ1) is 10.8. The number of hydrogen-bond acceptors (Lipinski definition) is 0. The van der Waals surface area contributed by atoms with Gasteiger partial charge in [0.25, 0.3) is 0 Å². The van der Waals surface area contributed by atoms with Gasteiger partial charge in [0.05, 0.1) is 0 Å². The molecule has 0 bridgehead atoms. The van der Waals surface area contributed by atoms with Gasteiger partial charge in [0.1, 0.15) is 0 Å². The molecule has 0 aromatic carbocycles. The average Bonchev–Trinajstić information content (AvgIpc) is 2.24. The molecule has 0 radical (unpaired) electrons. The molecule has 0 aromatic rings. The molecule has 5 heteroatoms. The average molecular weight is 303 g/mol. The quantitative estimate of drug-likeness (QED) is 0.536. The van der Waals surface area contributed by atoms with Crippen molar-refractivity contribution in [1.29, 1.82) is 0 Å². The summed E-state index contributed by atoms with van der Waals surface area (Å²) < 4.78 is 0. The van der Waals surface area contributed by atoms with E-state index < -0.39 is 11.0 Å². The van der Waals surface area contributed by atoms with Crippen LogP contribution in [0.4, 0.5) is 0 Å². The van der Waals surface area contributed by atoms with Crippen LogP contribution in [-0.2, 0) is 0 Å². The minimum atomic E-state index is -2.30. The Balaban J connectivity index is 2.64. The van der Waals surface area contributed by atoms with E-state index in [0.29, 0.717) is 21.4 Å². The van der Waals surface area contributed by atoms with Crippen LogP contribution >= 0.6 is 43.4 Å². The van der Waals surface area contributed by atoms with Gasteiger partial charge in [-0.2, -0.15) is 0 Å². The van der Waals surface area contributed by atoms with Gasteiger partial charge in [-0.1, -0.05) is 0 Å². The van der Waals surface area contributed by atoms with Gasteiger partial charge in [-0.3, -0.25) is 0 Å². The zero-order chi connectivity index (χ0) is 8.48. The third-order valence-corrected chi connectivity index (χ3v) is 14.3. The predicted molar refractivity (Wildman–Crippen MR) is 55.6 cm³/mol. The standard InChI is InChI=1S/C6H10Cl4Se/c7-3-5-1-2-6(4-8)11(5,9)10/h5-6H,1-4H2. The van der Waals surface area contributed by atoms with Crippen molar-refractivity contribution in [2.45, 2.75) is 22.5 Å². The molecule has 1 aliphatic heterocycles. The Hall–Kier alpha value is 1.68. The van der Waals surface area contributed by atoms with E-state index in [2.05, 4.69) is 0 Å². The van der Waals surface area contributed by atoms with Crippen LogP contribution in [0.5, 0.6) is 0 Å². The van der Waals surface area contributed by atoms with E-state index in [4.69, 9.17) is 43.4 Å². The van der Waals surface area contributed by atoms with E-state index in [1.165, 1.54) is 0 Å². The molecule has 0 amide bonds. The molecule has 1 fully saturated rings. The van der Waals surface area contributed by atoms with Crippen molar-refractivity contribution < 1.29 is 0 Å². The molecular weight excluding hydrogens is 293 g/mol. The fraction of sp³-hybridized carbons (Fsp3) is 1.00. The molecule has 11 heavy (non-hydrogen) atoms. The van der Waals surface area contributed by atoms with Crippen molar-refractivity contribution in [3.05, 3.63) is 0 Å². The zero-order valence-corrected chi connectivity index (χ0v) is 10.6. The van der Waals surface area contributed by atoms with Crippen molar-refractivity contribution in [1.82, 2.24) is 0 Å². The van der Waals surface area contributed by atoms with E-state index in [0.717, 1.165) is 12.8 Å². The van der Waals surface area contributed by atoms with Crippen LogP contribution in [0.1, 0.15) is 12.8 Å². The van der Waals surface area contributed by atoms with Gasteiger partial charge < -0.3 is 0 Å². The summed E-state index contributed by atoms with van der Waals surface area (Å²) in [5.74, 6) is 1.20. The normalized spacial score (nSPS) is 38.9. The van der Waals surface area contributed by atoms with Gasteiger partial charge >= 0.3 is 88.7 Å². The SMILES string of the molecule is ClCC1CCC(CCl)[Se]1(Cl)Cl. The van der Waals surface area contributed by atoms with Gasteiger partial charge in [0.15, 0.2) is 0 Å². The van der Waals surface area contributed by atoms with Crippen molar-refractivity contribution in [3.8, 4) is 0 Å². The Morgan fingerprint density at radius 2 is 1.36 bits per heavy atom. The first-order chi connectivity index (χ1) is 5.12. The summed E-state index contributed by atoms with van der Waals surface area (Å²) in [6, 6.07) is 0. The summed E-state index contributed by atoms with van der Waals surface area (Å²) in [5.41, 5.74) is 0. The monoisotopic (exact) mass is 302 g/mol. The topological polar surface area (TPSA) is 0 Å². The fourth-order valence-corrected chi connectivity index (χ4v) is 11.9. The van der Waals surface area contributed by atoms with Crippen LogP contribution in [0.2, 0.25) is 9.63 Å². The maximum absolute atomic E-state index is 6.25. The van der Waals surface area contributed by atoms with Crippen molar-refractivity contribution in [2.75, 3.05) is 11.8 Å². The third kappa shape index (κ3) is 2.13. The van der Waals surface area contributed by atoms with Crippen LogP contribution < -0.4 is 0 Å². The zero-order valence-electron chi connectivity index (χ0n) is 5.90. The molecule has 1 aliphatic rings. The second-order valence-corrected chi connectivity index (χ2v) is 14.5. The Morgan fingerprint density at radius 1 is 1.00 bits per heavy atom. The molecular formula is C6H10Cl4Se. The van der Waals surface area contributed by atoms with E-state index in [1.54, 1.807) is 0 Å². The molecule has 0 nitrogen and oxygen atoms in total. The Bertz CT molecular complexity index is 125. The van der Waals surface area contributed by atoms with Crippen molar-refractivity contribution >= 4 is 54.4 Å². The van der Waals surface area contributed by atoms with Crippen LogP contribution in [0.3, 0.4) is 0 Å². The first-order valence-electron chi connectivity index (χ1n) is 3.45. The maximum atomic E-state index is 6.25. The summed E-state index contributed by atoms with van der Waals surface area (Å²) in [4.78, 5) is 0.722. The molecule has 0 aromatic heterocycles. The molecule has 1 saturated heterocycles. The number of hydrogen-bond donors (Lipinski definition) is 0. The van der Waals surface area contributed by atoms with Gasteiger partial charge in [-0.05, 0) is 0 Å². The number of rotatable bonds is 2. The fourth-order valence-electron chi connectivity index (χ4n) is 1.28.